The zero-order valence-corrected chi connectivity index (χ0v) is 15.3. The molecule has 2 aromatic carbocycles. The molecule has 2 aromatic rings. The van der Waals surface area contributed by atoms with Crippen LogP contribution in [-0.4, -0.2) is 24.7 Å². The van der Waals surface area contributed by atoms with Gasteiger partial charge in [-0.3, -0.25) is 4.79 Å². The van der Waals surface area contributed by atoms with E-state index in [1.54, 1.807) is 0 Å². The van der Waals surface area contributed by atoms with Crippen molar-refractivity contribution in [1.82, 2.24) is 0 Å². The number of anilines is 1. The molecule has 0 radical (unpaired) electrons. The number of ether oxygens (including phenoxy) is 2. The van der Waals surface area contributed by atoms with E-state index in [9.17, 15) is 4.79 Å². The van der Waals surface area contributed by atoms with Gasteiger partial charge in [0.15, 0.2) is 0 Å². The summed E-state index contributed by atoms with van der Waals surface area (Å²) in [4.78, 5) is 12.9. The first kappa shape index (κ1) is 17.7. The number of hydrogen-bond acceptors (Lipinski definition) is 3. The summed E-state index contributed by atoms with van der Waals surface area (Å²) in [7, 11) is 0. The Balaban J connectivity index is 1.90. The highest BCUT2D eigenvalue weighted by Crippen LogP contribution is 2.43. The SMILES string of the molecule is CCCOc1ccc(NC(=O)C(C)(OCC)C2CC2)c2ccccc12. The van der Waals surface area contributed by atoms with Crippen LogP contribution in [-0.2, 0) is 9.53 Å². The summed E-state index contributed by atoms with van der Waals surface area (Å²) < 4.78 is 11.7. The zero-order chi connectivity index (χ0) is 17.9. The minimum Gasteiger partial charge on any atom is -0.493 e. The van der Waals surface area contributed by atoms with Gasteiger partial charge >= 0.3 is 0 Å². The lowest BCUT2D eigenvalue weighted by atomic mass is 9.98. The Morgan fingerprint density at radius 1 is 1.16 bits per heavy atom. The molecule has 0 aliphatic heterocycles. The molecule has 1 aliphatic carbocycles. The number of nitrogens with one attached hydrogen (secondary N) is 1. The van der Waals surface area contributed by atoms with Crippen LogP contribution in [0.25, 0.3) is 10.8 Å². The third kappa shape index (κ3) is 3.64. The third-order valence-electron chi connectivity index (χ3n) is 4.85. The molecule has 0 heterocycles. The summed E-state index contributed by atoms with van der Waals surface area (Å²) >= 11 is 0. The highest BCUT2D eigenvalue weighted by atomic mass is 16.5. The molecule has 1 amide bonds. The Bertz CT molecular complexity index is 754. The van der Waals surface area contributed by atoms with Crippen LogP contribution in [0.2, 0.25) is 0 Å². The second-order valence-corrected chi connectivity index (χ2v) is 6.77. The molecule has 0 spiro atoms. The van der Waals surface area contributed by atoms with E-state index in [1.165, 1.54) is 0 Å². The number of carbonyl (C=O) groups excluding carboxylic acids is 1. The molecular formula is C21H27NO3. The molecule has 1 aliphatic rings. The normalized spacial score (nSPS) is 16.4. The molecule has 3 rings (SSSR count). The molecule has 1 N–H and O–H groups in total. The van der Waals surface area contributed by atoms with Gasteiger partial charge < -0.3 is 14.8 Å². The van der Waals surface area contributed by atoms with Gasteiger partial charge in [0.1, 0.15) is 11.4 Å². The second-order valence-electron chi connectivity index (χ2n) is 6.77. The summed E-state index contributed by atoms with van der Waals surface area (Å²) in [6, 6.07) is 11.9. The summed E-state index contributed by atoms with van der Waals surface area (Å²) in [5, 5.41) is 5.09. The number of hydrogen-bond donors (Lipinski definition) is 1. The maximum atomic E-state index is 12.9. The Kier molecular flexibility index (Phi) is 5.28. The first-order chi connectivity index (χ1) is 12.1. The molecule has 1 unspecified atom stereocenters. The molecule has 1 fully saturated rings. The fourth-order valence-corrected chi connectivity index (χ4v) is 3.27. The Morgan fingerprint density at radius 2 is 1.88 bits per heavy atom. The number of benzene rings is 2. The van der Waals surface area contributed by atoms with Crippen molar-refractivity contribution in [3.8, 4) is 5.75 Å². The first-order valence-corrected chi connectivity index (χ1v) is 9.20. The van der Waals surface area contributed by atoms with Gasteiger partial charge in [-0.05, 0) is 51.2 Å². The van der Waals surface area contributed by atoms with Crippen LogP contribution in [0.4, 0.5) is 5.69 Å². The molecular weight excluding hydrogens is 314 g/mol. The van der Waals surface area contributed by atoms with Crippen LogP contribution in [0.1, 0.15) is 40.0 Å². The molecule has 134 valence electrons. The van der Waals surface area contributed by atoms with Crippen LogP contribution in [0, 0.1) is 5.92 Å². The highest BCUT2D eigenvalue weighted by Gasteiger charge is 2.48. The quantitative estimate of drug-likeness (QED) is 0.752. The molecule has 25 heavy (non-hydrogen) atoms. The average Bonchev–Trinajstić information content (AvgIpc) is 3.46. The second kappa shape index (κ2) is 7.44. The van der Waals surface area contributed by atoms with Crippen molar-refractivity contribution < 1.29 is 14.3 Å². The van der Waals surface area contributed by atoms with Gasteiger partial charge in [0, 0.05) is 23.1 Å². The number of carbonyl (C=O) groups is 1. The van der Waals surface area contributed by atoms with Crippen LogP contribution < -0.4 is 10.1 Å². The van der Waals surface area contributed by atoms with E-state index in [0.717, 1.165) is 41.5 Å². The monoisotopic (exact) mass is 341 g/mol. The number of amides is 1. The third-order valence-corrected chi connectivity index (χ3v) is 4.85. The standard InChI is InChI=1S/C21H27NO3/c1-4-14-24-19-13-12-18(16-8-6-7-9-17(16)19)22-20(23)21(3,25-5-2)15-10-11-15/h6-9,12-13,15H,4-5,10-11,14H2,1-3H3,(H,22,23). The molecule has 1 atom stereocenters. The lowest BCUT2D eigenvalue weighted by molar-refractivity contribution is -0.141. The van der Waals surface area contributed by atoms with E-state index in [1.807, 2.05) is 50.2 Å². The van der Waals surface area contributed by atoms with Crippen LogP contribution in [0.15, 0.2) is 36.4 Å². The van der Waals surface area contributed by atoms with Gasteiger partial charge in [0.2, 0.25) is 0 Å². The molecule has 4 heteroatoms. The fourth-order valence-electron chi connectivity index (χ4n) is 3.27. The number of fused-ring (bicyclic) bond motifs is 1. The van der Waals surface area contributed by atoms with Crippen molar-refractivity contribution >= 4 is 22.4 Å². The zero-order valence-electron chi connectivity index (χ0n) is 15.3. The lowest BCUT2D eigenvalue weighted by Gasteiger charge is -2.28. The predicted molar refractivity (Wildman–Crippen MR) is 101 cm³/mol. The Morgan fingerprint density at radius 3 is 2.52 bits per heavy atom. The van der Waals surface area contributed by atoms with E-state index in [0.29, 0.717) is 19.1 Å². The Labute approximate surface area is 149 Å². The summed E-state index contributed by atoms with van der Waals surface area (Å²) in [5.41, 5.74) is 0.0452. The first-order valence-electron chi connectivity index (χ1n) is 9.20. The van der Waals surface area contributed by atoms with Gasteiger partial charge in [-0.2, -0.15) is 0 Å². The molecule has 4 nitrogen and oxygen atoms in total. The fraction of sp³-hybridized carbons (Fsp3) is 0.476. The summed E-state index contributed by atoms with van der Waals surface area (Å²) in [6.07, 6.45) is 3.06. The van der Waals surface area contributed by atoms with Gasteiger partial charge in [-0.15, -0.1) is 0 Å². The van der Waals surface area contributed by atoms with Crippen molar-refractivity contribution in [1.29, 1.82) is 0 Å². The smallest absolute Gasteiger partial charge is 0.256 e. The maximum absolute atomic E-state index is 12.9. The summed E-state index contributed by atoms with van der Waals surface area (Å²) in [6.45, 7) is 7.14. The van der Waals surface area contributed by atoms with E-state index in [-0.39, 0.29) is 5.91 Å². The Hall–Kier alpha value is -2.07. The van der Waals surface area contributed by atoms with Crippen molar-refractivity contribution in [3.63, 3.8) is 0 Å². The van der Waals surface area contributed by atoms with Crippen LogP contribution in [0.3, 0.4) is 0 Å². The summed E-state index contributed by atoms with van der Waals surface area (Å²) in [5.74, 6) is 1.10. The predicted octanol–water partition coefficient (Wildman–Crippen LogP) is 4.77. The maximum Gasteiger partial charge on any atom is 0.256 e. The molecule has 0 bridgehead atoms. The van der Waals surface area contributed by atoms with E-state index in [4.69, 9.17) is 9.47 Å². The van der Waals surface area contributed by atoms with Crippen molar-refractivity contribution in [2.75, 3.05) is 18.5 Å². The molecule has 1 saturated carbocycles. The minimum atomic E-state index is -0.757. The van der Waals surface area contributed by atoms with Crippen LogP contribution >= 0.6 is 0 Å². The van der Waals surface area contributed by atoms with E-state index >= 15 is 0 Å². The largest absolute Gasteiger partial charge is 0.493 e. The molecule has 0 saturated heterocycles. The lowest BCUT2D eigenvalue weighted by Crippen LogP contribution is -2.44. The van der Waals surface area contributed by atoms with Crippen molar-refractivity contribution in [3.05, 3.63) is 36.4 Å². The minimum absolute atomic E-state index is 0.0655. The van der Waals surface area contributed by atoms with Gasteiger partial charge in [-0.25, -0.2) is 0 Å². The van der Waals surface area contributed by atoms with Crippen molar-refractivity contribution in [2.45, 2.75) is 45.6 Å². The van der Waals surface area contributed by atoms with Gasteiger partial charge in [-0.1, -0.05) is 31.2 Å². The van der Waals surface area contributed by atoms with E-state index < -0.39 is 5.60 Å². The highest BCUT2D eigenvalue weighted by molar-refractivity contribution is 6.06. The molecule has 0 aromatic heterocycles. The van der Waals surface area contributed by atoms with Crippen molar-refractivity contribution in [2.24, 2.45) is 5.92 Å². The number of rotatable bonds is 8. The van der Waals surface area contributed by atoms with Crippen LogP contribution in [0.5, 0.6) is 5.75 Å². The van der Waals surface area contributed by atoms with Gasteiger partial charge in [0.25, 0.3) is 5.91 Å². The average molecular weight is 341 g/mol. The van der Waals surface area contributed by atoms with Gasteiger partial charge in [0.05, 0.1) is 6.61 Å². The topological polar surface area (TPSA) is 47.6 Å². The van der Waals surface area contributed by atoms with E-state index in [2.05, 4.69) is 12.2 Å².